The third-order valence-corrected chi connectivity index (χ3v) is 8.03. The Hall–Kier alpha value is -2.53. The summed E-state index contributed by atoms with van der Waals surface area (Å²) in [6, 6.07) is 11.0. The maximum absolute atomic E-state index is 12.8. The van der Waals surface area contributed by atoms with Crippen LogP contribution in [0.4, 0.5) is 0 Å². The Bertz CT molecular complexity index is 1260. The number of aromatic nitrogens is 1. The number of nitrogens with zero attached hydrogens (tertiary/aromatic N) is 2. The number of rotatable bonds is 6. The second kappa shape index (κ2) is 7.95. The Balaban J connectivity index is 1.48. The van der Waals surface area contributed by atoms with Gasteiger partial charge in [0.15, 0.2) is 0 Å². The standard InChI is InChI=1S/C19H18ClN5O3S2/c20-16-5-4-15-14(23-16)9-17(29-15)30(27,28)24-13-6-7-25(19(13)26)10-11-2-1-3-12(8-11)18(21)22/h1-5,8-9,13,24H,6-7,10H2,(H3,21,22). The molecule has 1 fully saturated rings. The van der Waals surface area contributed by atoms with Gasteiger partial charge in [-0.3, -0.25) is 10.2 Å². The lowest BCUT2D eigenvalue weighted by molar-refractivity contribution is -0.129. The number of amides is 1. The largest absolute Gasteiger partial charge is 0.384 e. The average Bonchev–Trinajstić information content (AvgIpc) is 3.27. The van der Waals surface area contributed by atoms with Crippen LogP contribution in [0.2, 0.25) is 5.15 Å². The smallest absolute Gasteiger partial charge is 0.250 e. The summed E-state index contributed by atoms with van der Waals surface area (Å²) in [4.78, 5) is 18.5. The molecule has 1 aliphatic rings. The lowest BCUT2D eigenvalue weighted by Crippen LogP contribution is -2.41. The number of amidine groups is 1. The predicted octanol–water partition coefficient (Wildman–Crippen LogP) is 2.31. The minimum absolute atomic E-state index is 0.0469. The number of hydrogen-bond acceptors (Lipinski definition) is 6. The average molecular weight is 464 g/mol. The van der Waals surface area contributed by atoms with Crippen molar-refractivity contribution in [2.75, 3.05) is 6.54 Å². The molecule has 1 aromatic carbocycles. The number of nitrogens with one attached hydrogen (secondary N) is 2. The fourth-order valence-electron chi connectivity index (χ4n) is 3.32. The van der Waals surface area contributed by atoms with Crippen LogP contribution >= 0.6 is 22.9 Å². The summed E-state index contributed by atoms with van der Waals surface area (Å²) < 4.78 is 28.9. The molecule has 0 saturated carbocycles. The van der Waals surface area contributed by atoms with Crippen molar-refractivity contribution >= 4 is 54.9 Å². The fourth-order valence-corrected chi connectivity index (χ4v) is 6.03. The molecule has 30 heavy (non-hydrogen) atoms. The molecule has 11 heteroatoms. The van der Waals surface area contributed by atoms with Gasteiger partial charge in [0.1, 0.15) is 21.2 Å². The molecule has 1 atom stereocenters. The summed E-state index contributed by atoms with van der Waals surface area (Å²) in [6.07, 6.45) is 0.374. The maximum Gasteiger partial charge on any atom is 0.250 e. The second-order valence-electron chi connectivity index (χ2n) is 6.92. The van der Waals surface area contributed by atoms with Crippen molar-refractivity contribution < 1.29 is 13.2 Å². The van der Waals surface area contributed by atoms with Gasteiger partial charge in [-0.1, -0.05) is 29.8 Å². The second-order valence-corrected chi connectivity index (χ2v) is 10.3. The van der Waals surface area contributed by atoms with E-state index in [9.17, 15) is 13.2 Å². The van der Waals surface area contributed by atoms with Crippen LogP contribution in [-0.4, -0.2) is 42.6 Å². The number of thiophene rings is 1. The van der Waals surface area contributed by atoms with Gasteiger partial charge in [0.2, 0.25) is 5.91 Å². The van der Waals surface area contributed by atoms with E-state index in [4.69, 9.17) is 22.7 Å². The van der Waals surface area contributed by atoms with Crippen molar-refractivity contribution in [2.45, 2.75) is 23.2 Å². The third-order valence-electron chi connectivity index (χ3n) is 4.79. The molecule has 1 saturated heterocycles. The van der Waals surface area contributed by atoms with Gasteiger partial charge < -0.3 is 10.6 Å². The number of halogens is 1. The highest BCUT2D eigenvalue weighted by atomic mass is 35.5. The van der Waals surface area contributed by atoms with Gasteiger partial charge in [0.25, 0.3) is 10.0 Å². The Morgan fingerprint density at radius 2 is 2.13 bits per heavy atom. The molecule has 1 amide bonds. The lowest BCUT2D eigenvalue weighted by Gasteiger charge is -2.17. The first kappa shape index (κ1) is 20.7. The number of nitrogen functional groups attached to an aromatic ring is 1. The van der Waals surface area contributed by atoms with Crippen molar-refractivity contribution in [1.82, 2.24) is 14.6 Å². The molecule has 0 aliphatic carbocycles. The summed E-state index contributed by atoms with van der Waals surface area (Å²) in [5.41, 5.74) is 7.42. The van der Waals surface area contributed by atoms with Crippen LogP contribution in [-0.2, 0) is 21.4 Å². The number of pyridine rings is 1. The summed E-state index contributed by atoms with van der Waals surface area (Å²) in [5, 5.41) is 7.82. The highest BCUT2D eigenvalue weighted by Crippen LogP contribution is 2.29. The highest BCUT2D eigenvalue weighted by molar-refractivity contribution is 7.91. The molecule has 0 spiro atoms. The van der Waals surface area contributed by atoms with E-state index < -0.39 is 16.1 Å². The highest BCUT2D eigenvalue weighted by Gasteiger charge is 2.35. The van der Waals surface area contributed by atoms with E-state index in [1.54, 1.807) is 35.2 Å². The first-order valence-electron chi connectivity index (χ1n) is 9.03. The van der Waals surface area contributed by atoms with Crippen molar-refractivity contribution in [3.63, 3.8) is 0 Å². The summed E-state index contributed by atoms with van der Waals surface area (Å²) >= 11 is 6.94. The molecule has 4 N–H and O–H groups in total. The van der Waals surface area contributed by atoms with Crippen LogP contribution in [0.1, 0.15) is 17.5 Å². The molecule has 156 valence electrons. The van der Waals surface area contributed by atoms with Gasteiger partial charge in [0, 0.05) is 18.7 Å². The number of hydrogen-bond donors (Lipinski definition) is 3. The van der Waals surface area contributed by atoms with Crippen molar-refractivity contribution in [2.24, 2.45) is 5.73 Å². The Morgan fingerprint density at radius 1 is 1.33 bits per heavy atom. The zero-order valence-corrected chi connectivity index (χ0v) is 18.0. The van der Waals surface area contributed by atoms with Gasteiger partial charge >= 0.3 is 0 Å². The van der Waals surface area contributed by atoms with Crippen molar-refractivity contribution in [1.29, 1.82) is 5.41 Å². The maximum atomic E-state index is 12.8. The number of nitrogens with two attached hydrogens (primary N) is 1. The van der Waals surface area contributed by atoms with Gasteiger partial charge in [-0.05, 0) is 36.2 Å². The third kappa shape index (κ3) is 4.17. The SMILES string of the molecule is N=C(N)c1cccc(CN2CCC(NS(=O)(=O)c3cc4nc(Cl)ccc4s3)C2=O)c1. The van der Waals surface area contributed by atoms with E-state index in [-0.39, 0.29) is 21.1 Å². The predicted molar refractivity (Wildman–Crippen MR) is 116 cm³/mol. The topological polar surface area (TPSA) is 129 Å². The number of sulfonamides is 1. The Kier molecular flexibility index (Phi) is 5.49. The molecule has 3 aromatic rings. The summed E-state index contributed by atoms with van der Waals surface area (Å²) in [7, 11) is -3.87. The van der Waals surface area contributed by atoms with Crippen LogP contribution in [0, 0.1) is 5.41 Å². The number of likely N-dealkylation sites (tertiary alicyclic amines) is 1. The first-order chi connectivity index (χ1) is 14.2. The molecule has 1 unspecified atom stereocenters. The van der Waals surface area contributed by atoms with Crippen LogP contribution in [0.3, 0.4) is 0 Å². The van der Waals surface area contributed by atoms with Crippen molar-refractivity contribution in [3.8, 4) is 0 Å². The lowest BCUT2D eigenvalue weighted by atomic mass is 10.1. The van der Waals surface area contributed by atoms with E-state index in [1.165, 1.54) is 6.07 Å². The van der Waals surface area contributed by atoms with Gasteiger partial charge in [-0.25, -0.2) is 13.4 Å². The molecule has 1 aliphatic heterocycles. The zero-order valence-electron chi connectivity index (χ0n) is 15.6. The monoisotopic (exact) mass is 463 g/mol. The van der Waals surface area contributed by atoms with Gasteiger partial charge in [-0.15, -0.1) is 11.3 Å². The summed E-state index contributed by atoms with van der Waals surface area (Å²) in [6.45, 7) is 0.753. The molecule has 2 aromatic heterocycles. The van der Waals surface area contributed by atoms with Crippen LogP contribution in [0.5, 0.6) is 0 Å². The van der Waals surface area contributed by atoms with Gasteiger partial charge in [0.05, 0.1) is 10.2 Å². The minimum atomic E-state index is -3.87. The van der Waals surface area contributed by atoms with Crippen molar-refractivity contribution in [3.05, 3.63) is 58.7 Å². The number of benzene rings is 1. The molecular formula is C19H18ClN5O3S2. The van der Waals surface area contributed by atoms with E-state index in [1.807, 2.05) is 6.07 Å². The van der Waals surface area contributed by atoms with E-state index in [0.29, 0.717) is 35.3 Å². The zero-order chi connectivity index (χ0) is 21.5. The Morgan fingerprint density at radius 3 is 2.90 bits per heavy atom. The molecular weight excluding hydrogens is 446 g/mol. The molecule has 3 heterocycles. The number of carbonyl (C=O) groups is 1. The quantitative estimate of drug-likeness (QED) is 0.293. The molecule has 0 bridgehead atoms. The molecule has 4 rings (SSSR count). The van der Waals surface area contributed by atoms with Gasteiger partial charge in [-0.2, -0.15) is 4.72 Å². The minimum Gasteiger partial charge on any atom is -0.384 e. The van der Waals surface area contributed by atoms with Crippen LogP contribution in [0.25, 0.3) is 10.2 Å². The Labute approximate surface area is 182 Å². The van der Waals surface area contributed by atoms with Crippen LogP contribution in [0.15, 0.2) is 46.7 Å². The molecule has 8 nitrogen and oxygen atoms in total. The van der Waals surface area contributed by atoms with E-state index in [2.05, 4.69) is 9.71 Å². The molecule has 0 radical (unpaired) electrons. The van der Waals surface area contributed by atoms with Crippen LogP contribution < -0.4 is 10.5 Å². The normalized spacial score (nSPS) is 17.0. The van der Waals surface area contributed by atoms with E-state index >= 15 is 0 Å². The van der Waals surface area contributed by atoms with E-state index in [0.717, 1.165) is 16.9 Å². The number of fused-ring (bicyclic) bond motifs is 1. The first-order valence-corrected chi connectivity index (χ1v) is 11.7. The number of carbonyl (C=O) groups excluding carboxylic acids is 1. The summed E-state index contributed by atoms with van der Waals surface area (Å²) in [5.74, 6) is -0.330. The fraction of sp³-hybridized carbons (Fsp3) is 0.211.